The lowest BCUT2D eigenvalue weighted by Gasteiger charge is -2.28. The molecule has 0 aliphatic carbocycles. The van der Waals surface area contributed by atoms with Gasteiger partial charge in [0, 0.05) is 0 Å². The zero-order valence-corrected chi connectivity index (χ0v) is 13.2. The Kier molecular flexibility index (Phi) is 7.12. The number of halogens is 14. The van der Waals surface area contributed by atoms with E-state index in [9.17, 15) is 71.1 Å². The molecule has 0 fully saturated rings. The number of ether oxygens (including phenoxy) is 2. The van der Waals surface area contributed by atoms with Crippen molar-refractivity contribution in [2.45, 2.75) is 49.1 Å². The first-order valence-electron chi connectivity index (χ1n) is 6.47. The fourth-order valence-corrected chi connectivity index (χ4v) is 1.19. The zero-order valence-electron chi connectivity index (χ0n) is 13.2. The van der Waals surface area contributed by atoms with E-state index in [1.54, 1.807) is 0 Å². The van der Waals surface area contributed by atoms with Gasteiger partial charge in [-0.25, -0.2) is 9.59 Å². The van der Waals surface area contributed by atoms with E-state index in [1.807, 2.05) is 0 Å². The molecule has 4 nitrogen and oxygen atoms in total. The van der Waals surface area contributed by atoms with Crippen LogP contribution in [0.1, 0.15) is 6.92 Å². The van der Waals surface area contributed by atoms with E-state index in [2.05, 4.69) is 9.47 Å². The minimum absolute atomic E-state index is 0.257. The van der Waals surface area contributed by atoms with Crippen molar-refractivity contribution >= 4 is 11.9 Å². The maximum atomic E-state index is 12.9. The molecule has 172 valence electrons. The number of alkyl halides is 14. The van der Waals surface area contributed by atoms with Crippen LogP contribution in [0.2, 0.25) is 0 Å². The summed E-state index contributed by atoms with van der Waals surface area (Å²) < 4.78 is 180. The molecule has 1 atom stereocenters. The van der Waals surface area contributed by atoms with Crippen molar-refractivity contribution < 1.29 is 80.5 Å². The Labute approximate surface area is 149 Å². The van der Waals surface area contributed by atoms with E-state index in [1.165, 1.54) is 0 Å². The molecule has 29 heavy (non-hydrogen) atoms. The van der Waals surface area contributed by atoms with Gasteiger partial charge < -0.3 is 9.47 Å². The van der Waals surface area contributed by atoms with E-state index in [0.717, 1.165) is 0 Å². The number of esters is 2. The molecule has 0 aliphatic rings. The average Bonchev–Trinajstić information content (AvgIpc) is 2.49. The fraction of sp³-hybridized carbons (Fsp3) is 0.818. The van der Waals surface area contributed by atoms with Crippen molar-refractivity contribution in [3.8, 4) is 0 Å². The summed E-state index contributed by atoms with van der Waals surface area (Å²) in [7, 11) is 0. The average molecular weight is 468 g/mol. The summed E-state index contributed by atoms with van der Waals surface area (Å²) in [6, 6.07) is 0. The van der Waals surface area contributed by atoms with Gasteiger partial charge in [-0.1, -0.05) is 0 Å². The van der Waals surface area contributed by atoms with Crippen LogP contribution in [0.4, 0.5) is 61.5 Å². The minimum atomic E-state index is -6.96. The first kappa shape index (κ1) is 27.0. The fourth-order valence-electron chi connectivity index (χ4n) is 1.19. The lowest BCUT2D eigenvalue weighted by Crippen LogP contribution is -2.57. The Balaban J connectivity index is 5.17. The Morgan fingerprint density at radius 3 is 1.28 bits per heavy atom. The van der Waals surface area contributed by atoms with Gasteiger partial charge >= 0.3 is 48.0 Å². The van der Waals surface area contributed by atoms with Gasteiger partial charge in [-0.05, 0) is 6.92 Å². The molecule has 0 saturated carbocycles. The van der Waals surface area contributed by atoms with Crippen LogP contribution in [0.5, 0.6) is 0 Å². The maximum absolute atomic E-state index is 12.9. The molecule has 18 heteroatoms. The Hall–Kier alpha value is -2.04. The van der Waals surface area contributed by atoms with E-state index in [0.29, 0.717) is 0 Å². The third-order valence-electron chi connectivity index (χ3n) is 2.77. The standard InChI is InChI=1S/C11H6F14O4/c1-3(29-5(27)7(14,15)9(18,19)11(23,24)25)2-28-4(26)6(12,13)8(16,17)10(20,21)22/h3H,2H2,1H3. The topological polar surface area (TPSA) is 52.6 Å². The van der Waals surface area contributed by atoms with Crippen LogP contribution in [-0.4, -0.2) is 60.7 Å². The number of hydrogen-bond donors (Lipinski definition) is 0. The van der Waals surface area contributed by atoms with Gasteiger partial charge in [0.05, 0.1) is 0 Å². The highest BCUT2D eigenvalue weighted by molar-refractivity contribution is 5.80. The molecule has 0 saturated heterocycles. The highest BCUT2D eigenvalue weighted by atomic mass is 19.4. The number of hydrogen-bond acceptors (Lipinski definition) is 4. The quantitative estimate of drug-likeness (QED) is 0.417. The molecule has 1 unspecified atom stereocenters. The van der Waals surface area contributed by atoms with Gasteiger partial charge in [0.25, 0.3) is 0 Å². The molecule has 0 rings (SSSR count). The molecule has 0 amide bonds. The monoisotopic (exact) mass is 468 g/mol. The van der Waals surface area contributed by atoms with Gasteiger partial charge in [-0.3, -0.25) is 0 Å². The second-order valence-corrected chi connectivity index (χ2v) is 5.11. The Bertz CT molecular complexity index is 620. The summed E-state index contributed by atoms with van der Waals surface area (Å²) in [5, 5.41) is 0. The van der Waals surface area contributed by atoms with Crippen molar-refractivity contribution in [2.75, 3.05) is 6.61 Å². The molecule has 0 aromatic rings. The van der Waals surface area contributed by atoms with Gasteiger partial charge in [0.15, 0.2) is 0 Å². The van der Waals surface area contributed by atoms with Crippen LogP contribution in [0.3, 0.4) is 0 Å². The number of rotatable bonds is 7. The predicted molar refractivity (Wildman–Crippen MR) is 58.4 cm³/mol. The van der Waals surface area contributed by atoms with Crippen molar-refractivity contribution in [1.29, 1.82) is 0 Å². The third-order valence-corrected chi connectivity index (χ3v) is 2.77. The maximum Gasteiger partial charge on any atom is 0.460 e. The molecule has 0 aromatic heterocycles. The minimum Gasteiger partial charge on any atom is -0.457 e. The van der Waals surface area contributed by atoms with E-state index < -0.39 is 60.7 Å². The van der Waals surface area contributed by atoms with Gasteiger partial charge in [-0.2, -0.15) is 61.5 Å². The summed E-state index contributed by atoms with van der Waals surface area (Å²) >= 11 is 0. The largest absolute Gasteiger partial charge is 0.460 e. The SMILES string of the molecule is CC(COC(=O)C(F)(F)C(F)(F)C(F)(F)F)OC(=O)C(F)(F)C(F)(F)C(F)(F)F. The Morgan fingerprint density at radius 1 is 0.655 bits per heavy atom. The number of carbonyl (C=O) groups is 2. The molecule has 0 aliphatic heterocycles. The van der Waals surface area contributed by atoms with Crippen LogP contribution >= 0.6 is 0 Å². The summed E-state index contributed by atoms with van der Waals surface area (Å²) in [5.74, 6) is -34.2. The van der Waals surface area contributed by atoms with Crippen LogP contribution in [0.25, 0.3) is 0 Å². The van der Waals surface area contributed by atoms with Gasteiger partial charge in [0.1, 0.15) is 12.7 Å². The van der Waals surface area contributed by atoms with E-state index in [-0.39, 0.29) is 6.92 Å². The molecular weight excluding hydrogens is 462 g/mol. The molecular formula is C11H6F14O4. The van der Waals surface area contributed by atoms with Crippen molar-refractivity contribution in [1.82, 2.24) is 0 Å². The molecule has 0 aromatic carbocycles. The first-order chi connectivity index (χ1) is 12.4. The highest BCUT2D eigenvalue weighted by Crippen LogP contribution is 2.48. The third kappa shape index (κ3) is 4.93. The molecule has 0 heterocycles. The lowest BCUT2D eigenvalue weighted by molar-refractivity contribution is -0.350. The van der Waals surface area contributed by atoms with Crippen LogP contribution in [0.15, 0.2) is 0 Å². The van der Waals surface area contributed by atoms with Crippen molar-refractivity contribution in [2.24, 2.45) is 0 Å². The summed E-state index contributed by atoms with van der Waals surface area (Å²) in [4.78, 5) is 21.5. The van der Waals surface area contributed by atoms with Gasteiger partial charge in [0.2, 0.25) is 0 Å². The van der Waals surface area contributed by atoms with Gasteiger partial charge in [-0.15, -0.1) is 0 Å². The summed E-state index contributed by atoms with van der Waals surface area (Å²) in [5.41, 5.74) is 0. The summed E-state index contributed by atoms with van der Waals surface area (Å²) in [6.45, 7) is -1.73. The van der Waals surface area contributed by atoms with Crippen LogP contribution in [-0.2, 0) is 19.1 Å². The van der Waals surface area contributed by atoms with E-state index in [4.69, 9.17) is 0 Å². The molecule has 0 bridgehead atoms. The lowest BCUT2D eigenvalue weighted by atomic mass is 10.1. The molecule has 0 radical (unpaired) electrons. The Morgan fingerprint density at radius 2 is 0.966 bits per heavy atom. The molecule has 0 N–H and O–H groups in total. The summed E-state index contributed by atoms with van der Waals surface area (Å²) in [6.07, 6.45) is -16.4. The zero-order chi connectivity index (χ0) is 23.9. The first-order valence-corrected chi connectivity index (χ1v) is 6.47. The van der Waals surface area contributed by atoms with Crippen molar-refractivity contribution in [3.05, 3.63) is 0 Å². The smallest absolute Gasteiger partial charge is 0.457 e. The highest BCUT2D eigenvalue weighted by Gasteiger charge is 2.78. The van der Waals surface area contributed by atoms with Crippen LogP contribution in [0, 0.1) is 0 Å². The number of carbonyl (C=O) groups excluding carboxylic acids is 2. The van der Waals surface area contributed by atoms with Crippen molar-refractivity contribution in [3.63, 3.8) is 0 Å². The van der Waals surface area contributed by atoms with Crippen LogP contribution < -0.4 is 0 Å². The normalized spacial score (nSPS) is 15.7. The van der Waals surface area contributed by atoms with E-state index >= 15 is 0 Å². The predicted octanol–water partition coefficient (Wildman–Crippen LogP) is 4.13. The molecule has 0 spiro atoms. The second kappa shape index (κ2) is 7.66. The second-order valence-electron chi connectivity index (χ2n) is 5.11.